The van der Waals surface area contributed by atoms with Crippen molar-refractivity contribution in [1.82, 2.24) is 0 Å². The summed E-state index contributed by atoms with van der Waals surface area (Å²) in [6.07, 6.45) is 0.203. The van der Waals surface area contributed by atoms with Crippen molar-refractivity contribution in [2.75, 3.05) is 6.61 Å². The van der Waals surface area contributed by atoms with Gasteiger partial charge in [0.1, 0.15) is 5.82 Å². The standard InChI is InChI=1S/C18H17FN4O2/c1-3-15(12-4-6-13(19)7-5-12)16(9-20)14(22)23-18(17(15,16)10-21)24-8-11(2)25-18/h4-7,11H,3,8H2,1-2H3,(H2,22,23)/p+1/t11-,15-,16-,17+,18+/m0/s1. The number of nitriles is 2. The fourth-order valence-corrected chi connectivity index (χ4v) is 5.19. The molecule has 1 spiro atoms. The Morgan fingerprint density at radius 2 is 2.00 bits per heavy atom. The Kier molecular flexibility index (Phi) is 2.93. The Labute approximate surface area is 144 Å². The average Bonchev–Trinajstić information content (AvgIpc) is 2.86. The van der Waals surface area contributed by atoms with E-state index in [0.717, 1.165) is 0 Å². The lowest BCUT2D eigenvalue weighted by Gasteiger charge is -2.29. The highest BCUT2D eigenvalue weighted by atomic mass is 19.1. The molecule has 0 aromatic heterocycles. The molecule has 1 saturated carbocycles. The molecule has 2 heterocycles. The number of nitrogens with one attached hydrogen (secondary N) is 1. The molecule has 5 atom stereocenters. The molecule has 4 rings (SSSR count). The van der Waals surface area contributed by atoms with Crippen LogP contribution in [0.1, 0.15) is 25.8 Å². The highest BCUT2D eigenvalue weighted by molar-refractivity contribution is 5.97. The average molecular weight is 341 g/mol. The van der Waals surface area contributed by atoms with Crippen molar-refractivity contribution in [2.24, 2.45) is 16.6 Å². The summed E-state index contributed by atoms with van der Waals surface area (Å²) in [4.78, 5) is 2.94. The molecule has 3 aliphatic rings. The van der Waals surface area contributed by atoms with E-state index in [0.29, 0.717) is 12.0 Å². The molecule has 6 nitrogen and oxygen atoms in total. The van der Waals surface area contributed by atoms with Crippen LogP contribution in [-0.4, -0.2) is 24.5 Å². The van der Waals surface area contributed by atoms with Crippen molar-refractivity contribution in [2.45, 2.75) is 37.7 Å². The van der Waals surface area contributed by atoms with Crippen molar-refractivity contribution < 1.29 is 18.9 Å². The molecule has 0 unspecified atom stereocenters. The Morgan fingerprint density at radius 1 is 1.32 bits per heavy atom. The van der Waals surface area contributed by atoms with E-state index >= 15 is 0 Å². The van der Waals surface area contributed by atoms with E-state index in [1.54, 1.807) is 12.1 Å². The second-order valence-corrected chi connectivity index (χ2v) is 6.88. The fourth-order valence-electron chi connectivity index (χ4n) is 5.19. The van der Waals surface area contributed by atoms with Crippen LogP contribution >= 0.6 is 0 Å². The predicted octanol–water partition coefficient (Wildman–Crippen LogP) is 0.0476. The number of hydrogen-bond acceptors (Lipinski definition) is 5. The van der Waals surface area contributed by atoms with Crippen molar-refractivity contribution in [1.29, 1.82) is 10.5 Å². The zero-order chi connectivity index (χ0) is 18.1. The monoisotopic (exact) mass is 341 g/mol. The Balaban J connectivity index is 2.02. The third kappa shape index (κ3) is 1.33. The van der Waals surface area contributed by atoms with Crippen molar-refractivity contribution in [3.05, 3.63) is 35.6 Å². The fraction of sp³-hybridized carbons (Fsp3) is 0.500. The number of rotatable bonds is 2. The van der Waals surface area contributed by atoms with E-state index in [1.165, 1.54) is 12.1 Å². The highest BCUT2D eigenvalue weighted by Gasteiger charge is 3.04. The van der Waals surface area contributed by atoms with Crippen molar-refractivity contribution in [3.63, 3.8) is 0 Å². The Hall–Kier alpha value is -2.48. The maximum atomic E-state index is 13.4. The largest absolute Gasteiger partial charge is 0.344 e. The Morgan fingerprint density at radius 3 is 2.48 bits per heavy atom. The second-order valence-electron chi connectivity index (χ2n) is 6.88. The van der Waals surface area contributed by atoms with Crippen molar-refractivity contribution >= 4 is 5.84 Å². The number of nitrogens with two attached hydrogens (primary N) is 1. The molecule has 7 heteroatoms. The summed E-state index contributed by atoms with van der Waals surface area (Å²) < 4.78 is 25.3. The first-order valence-electron chi connectivity index (χ1n) is 8.23. The van der Waals surface area contributed by atoms with Gasteiger partial charge in [-0.15, -0.1) is 0 Å². The molecule has 3 N–H and O–H groups in total. The normalized spacial score (nSPS) is 44.0. The quantitative estimate of drug-likeness (QED) is 0.790. The lowest BCUT2D eigenvalue weighted by molar-refractivity contribution is -0.679. The van der Waals surface area contributed by atoms with Gasteiger partial charge in [0.2, 0.25) is 0 Å². The van der Waals surface area contributed by atoms with Crippen LogP contribution in [0.25, 0.3) is 0 Å². The van der Waals surface area contributed by atoms with Gasteiger partial charge in [0, 0.05) is 0 Å². The first kappa shape index (κ1) is 16.0. The summed E-state index contributed by atoms with van der Waals surface area (Å²) in [5, 5.41) is 20.3. The van der Waals surface area contributed by atoms with Crippen LogP contribution in [0.5, 0.6) is 0 Å². The van der Waals surface area contributed by atoms with Gasteiger partial charge in [-0.3, -0.25) is 5.73 Å². The first-order chi connectivity index (χ1) is 11.9. The predicted molar refractivity (Wildman–Crippen MR) is 83.8 cm³/mol. The number of ether oxygens (including phenoxy) is 2. The molecule has 1 aromatic rings. The maximum Gasteiger partial charge on any atom is 0.344 e. The van der Waals surface area contributed by atoms with Gasteiger partial charge in [-0.1, -0.05) is 19.1 Å². The van der Waals surface area contributed by atoms with Gasteiger partial charge in [-0.05, 0) is 31.0 Å². The van der Waals surface area contributed by atoms with Crippen LogP contribution < -0.4 is 10.7 Å². The molecule has 0 radical (unpaired) electrons. The number of halogens is 1. The molecule has 1 aliphatic carbocycles. The van der Waals surface area contributed by atoms with Gasteiger partial charge >= 0.3 is 5.91 Å². The highest BCUT2D eigenvalue weighted by Crippen LogP contribution is 2.84. The molecule has 128 valence electrons. The van der Waals surface area contributed by atoms with Gasteiger partial charge in [0.05, 0.1) is 30.3 Å². The van der Waals surface area contributed by atoms with Gasteiger partial charge < -0.3 is 9.47 Å². The second kappa shape index (κ2) is 4.57. The minimum atomic E-state index is -1.48. The van der Waals surface area contributed by atoms with Crippen molar-refractivity contribution in [3.8, 4) is 12.1 Å². The molecule has 25 heavy (non-hydrogen) atoms. The SMILES string of the molecule is CC[C@]1(c2ccc(F)cc2)[C@]2(C#N)C(N)=[NH+][C@@]3(OC[C@H](C)O3)[C@@]21C#N. The summed E-state index contributed by atoms with van der Waals surface area (Å²) in [5.74, 6) is -1.70. The van der Waals surface area contributed by atoms with Crippen LogP contribution in [0.15, 0.2) is 24.3 Å². The minimum absolute atomic E-state index is 0.164. The topological polar surface area (TPSA) is 106 Å². The lowest BCUT2D eigenvalue weighted by atomic mass is 9.80. The van der Waals surface area contributed by atoms with E-state index < -0.39 is 22.2 Å². The molecule has 1 aromatic carbocycles. The molecule has 0 bridgehead atoms. The van der Waals surface area contributed by atoms with Crippen LogP contribution in [0.2, 0.25) is 0 Å². The van der Waals surface area contributed by atoms with Crippen LogP contribution in [-0.2, 0) is 14.9 Å². The van der Waals surface area contributed by atoms with E-state index in [4.69, 9.17) is 15.2 Å². The third-order valence-corrected chi connectivity index (χ3v) is 6.07. The van der Waals surface area contributed by atoms with E-state index in [-0.39, 0.29) is 24.4 Å². The van der Waals surface area contributed by atoms with E-state index in [2.05, 4.69) is 17.1 Å². The minimum Gasteiger partial charge on any atom is -0.311 e. The lowest BCUT2D eigenvalue weighted by Crippen LogP contribution is -2.90. The molecule has 0 amide bonds. The molecule has 2 fully saturated rings. The molecule has 1 saturated heterocycles. The number of benzene rings is 1. The zero-order valence-corrected chi connectivity index (χ0v) is 14.0. The van der Waals surface area contributed by atoms with E-state index in [1.807, 2.05) is 13.8 Å². The number of nitrogens with zero attached hydrogens (tertiary/aromatic N) is 2. The van der Waals surface area contributed by atoms with Gasteiger partial charge in [0.15, 0.2) is 10.8 Å². The van der Waals surface area contributed by atoms with Crippen LogP contribution in [0.3, 0.4) is 0 Å². The smallest absolute Gasteiger partial charge is 0.311 e. The molecular weight excluding hydrogens is 323 g/mol. The summed E-state index contributed by atoms with van der Waals surface area (Å²) in [6, 6.07) is 10.5. The number of fused-ring (bicyclic) bond motifs is 2. The van der Waals surface area contributed by atoms with E-state index in [9.17, 15) is 14.9 Å². The zero-order valence-electron chi connectivity index (χ0n) is 14.0. The first-order valence-corrected chi connectivity index (χ1v) is 8.23. The maximum absolute atomic E-state index is 13.4. The Bertz CT molecular complexity index is 873. The summed E-state index contributed by atoms with van der Waals surface area (Å²) >= 11 is 0. The summed E-state index contributed by atoms with van der Waals surface area (Å²) in [7, 11) is 0. The van der Waals surface area contributed by atoms with Crippen LogP contribution in [0, 0.1) is 39.3 Å². The molecule has 2 aliphatic heterocycles. The van der Waals surface area contributed by atoms with Crippen LogP contribution in [0.4, 0.5) is 4.39 Å². The summed E-state index contributed by atoms with van der Waals surface area (Å²) in [6.45, 7) is 4.01. The number of amidine groups is 1. The molecular formula is C18H18FN4O2+. The van der Waals surface area contributed by atoms with Gasteiger partial charge in [-0.2, -0.15) is 10.5 Å². The third-order valence-electron chi connectivity index (χ3n) is 6.07. The summed E-state index contributed by atoms with van der Waals surface area (Å²) in [5.41, 5.74) is 3.30. The van der Waals surface area contributed by atoms with Gasteiger partial charge in [-0.25, -0.2) is 9.38 Å². The number of hydrogen-bond donors (Lipinski definition) is 2. The van der Waals surface area contributed by atoms with Gasteiger partial charge in [0.25, 0.3) is 5.84 Å².